The van der Waals surface area contributed by atoms with E-state index >= 15 is 0 Å². The molecule has 0 atom stereocenters. The zero-order chi connectivity index (χ0) is 39.6. The molecule has 0 aliphatic rings. The molecule has 0 aliphatic heterocycles. The zero-order valence-electron chi connectivity index (χ0n) is 34.3. The lowest BCUT2D eigenvalue weighted by Gasteiger charge is -2.30. The van der Waals surface area contributed by atoms with E-state index in [1.54, 1.807) is 7.11 Å². The van der Waals surface area contributed by atoms with Crippen molar-refractivity contribution >= 4 is 17.2 Å². The summed E-state index contributed by atoms with van der Waals surface area (Å²) in [5, 5.41) is 0. The summed E-state index contributed by atoms with van der Waals surface area (Å²) >= 11 is 0. The highest BCUT2D eigenvalue weighted by molar-refractivity contribution is 5.90. The molecule has 0 spiro atoms. The van der Waals surface area contributed by atoms with Gasteiger partial charge in [0.05, 0.1) is 24.2 Å². The van der Waals surface area contributed by atoms with Crippen LogP contribution in [-0.4, -0.2) is 17.1 Å². The molecule has 0 N–H and O–H groups in total. The van der Waals surface area contributed by atoms with Crippen LogP contribution in [0.5, 0.6) is 5.75 Å². The molecule has 0 bridgehead atoms. The molecule has 0 unspecified atom stereocenters. The summed E-state index contributed by atoms with van der Waals surface area (Å²) in [7, 11) is 1.72. The van der Waals surface area contributed by atoms with Crippen molar-refractivity contribution in [2.45, 2.75) is 72.1 Å². The molecule has 2 aromatic heterocycles. The molecular formula is C52H53N3O. The Kier molecular flexibility index (Phi) is 10.7. The van der Waals surface area contributed by atoms with Gasteiger partial charge < -0.3 is 4.74 Å². The van der Waals surface area contributed by atoms with Crippen LogP contribution in [0.1, 0.15) is 78.0 Å². The number of ether oxygens (including phenoxy) is 1. The number of anilines is 3. The van der Waals surface area contributed by atoms with Gasteiger partial charge in [-0.2, -0.15) is 0 Å². The number of methoxy groups -OCH3 is 1. The quantitative estimate of drug-likeness (QED) is 0.148. The first-order valence-electron chi connectivity index (χ1n) is 19.6. The average molecular weight is 736 g/mol. The third-order valence-corrected chi connectivity index (χ3v) is 10.5. The van der Waals surface area contributed by atoms with Crippen molar-refractivity contribution in [1.29, 1.82) is 0 Å². The fraction of sp³-hybridized carbons (Fsp3) is 0.231. The van der Waals surface area contributed by atoms with Gasteiger partial charge in [0.25, 0.3) is 0 Å². The fourth-order valence-corrected chi connectivity index (χ4v) is 7.29. The third kappa shape index (κ3) is 8.02. The first-order valence-corrected chi connectivity index (χ1v) is 19.6. The number of aromatic nitrogens is 2. The second kappa shape index (κ2) is 15.6. The minimum absolute atomic E-state index is 0.0223. The molecule has 56 heavy (non-hydrogen) atoms. The van der Waals surface area contributed by atoms with Gasteiger partial charge in [-0.1, -0.05) is 152 Å². The van der Waals surface area contributed by atoms with Gasteiger partial charge in [0.1, 0.15) is 11.6 Å². The lowest BCUT2D eigenvalue weighted by Crippen LogP contribution is -2.16. The van der Waals surface area contributed by atoms with Crippen LogP contribution < -0.4 is 9.64 Å². The minimum Gasteiger partial charge on any atom is -0.496 e. The Bertz CT molecular complexity index is 2420. The summed E-state index contributed by atoms with van der Waals surface area (Å²) < 4.78 is 5.89. The smallest absolute Gasteiger partial charge is 0.137 e. The van der Waals surface area contributed by atoms with Gasteiger partial charge in [-0.05, 0) is 98.7 Å². The van der Waals surface area contributed by atoms with Crippen molar-refractivity contribution in [2.24, 2.45) is 0 Å². The standard InChI is InChI=1S/C52H53N3O/c1-35(2)43-24-18-25-44(36-19-11-10-12-20-36)50(43)55(49-27-15-16-28-53-49)42-22-17-21-37(31-42)46-32-39(33-47(54-46)45-23-13-14-26-48(45)56-9)38-29-40(51(3,4)5)34-41(30-38)52(6,7)8/h10-35H,1-9H3. The second-order valence-electron chi connectivity index (χ2n) is 17.0. The number of benzene rings is 5. The van der Waals surface area contributed by atoms with Gasteiger partial charge in [-0.25, -0.2) is 9.97 Å². The number of rotatable bonds is 9. The van der Waals surface area contributed by atoms with Crippen LogP contribution >= 0.6 is 0 Å². The number of pyridine rings is 2. The Morgan fingerprint density at radius 2 is 1.14 bits per heavy atom. The molecule has 0 amide bonds. The number of hydrogen-bond acceptors (Lipinski definition) is 4. The molecule has 2 heterocycles. The normalized spacial score (nSPS) is 11.8. The molecule has 0 saturated carbocycles. The maximum atomic E-state index is 5.89. The highest BCUT2D eigenvalue weighted by Gasteiger charge is 2.25. The Hall–Kier alpha value is -6.00. The predicted octanol–water partition coefficient (Wildman–Crippen LogP) is 14.3. The van der Waals surface area contributed by atoms with Crippen LogP contribution in [0.3, 0.4) is 0 Å². The zero-order valence-corrected chi connectivity index (χ0v) is 34.3. The van der Waals surface area contributed by atoms with Crippen LogP contribution in [-0.2, 0) is 10.8 Å². The van der Waals surface area contributed by atoms with Crippen molar-refractivity contribution in [3.63, 3.8) is 0 Å². The van der Waals surface area contributed by atoms with Crippen LogP contribution in [0.4, 0.5) is 17.2 Å². The first-order chi connectivity index (χ1) is 26.8. The third-order valence-electron chi connectivity index (χ3n) is 10.5. The lowest BCUT2D eigenvalue weighted by molar-refractivity contribution is 0.416. The SMILES string of the molecule is COc1ccccc1-c1cc(-c2cc(C(C)(C)C)cc(C(C)(C)C)c2)cc(-c2cccc(N(c3ccccn3)c3c(-c4ccccc4)cccc3C(C)C)c2)n1. The largest absolute Gasteiger partial charge is 0.496 e. The fourth-order valence-electron chi connectivity index (χ4n) is 7.29. The van der Waals surface area contributed by atoms with E-state index < -0.39 is 0 Å². The van der Waals surface area contributed by atoms with Crippen LogP contribution in [0.2, 0.25) is 0 Å². The molecule has 7 rings (SSSR count). The van der Waals surface area contributed by atoms with E-state index in [-0.39, 0.29) is 16.7 Å². The van der Waals surface area contributed by atoms with Crippen LogP contribution in [0.25, 0.3) is 44.8 Å². The van der Waals surface area contributed by atoms with Crippen molar-refractivity contribution in [2.75, 3.05) is 12.0 Å². The summed E-state index contributed by atoms with van der Waals surface area (Å²) in [6, 6.07) is 51.8. The van der Waals surface area contributed by atoms with Crippen molar-refractivity contribution in [1.82, 2.24) is 9.97 Å². The van der Waals surface area contributed by atoms with Gasteiger partial charge >= 0.3 is 0 Å². The van der Waals surface area contributed by atoms with E-state index in [0.29, 0.717) is 0 Å². The molecule has 4 nitrogen and oxygen atoms in total. The Balaban J connectivity index is 1.48. The monoisotopic (exact) mass is 735 g/mol. The second-order valence-corrected chi connectivity index (χ2v) is 17.0. The Morgan fingerprint density at radius 1 is 0.536 bits per heavy atom. The molecule has 0 saturated heterocycles. The predicted molar refractivity (Wildman–Crippen MR) is 236 cm³/mol. The van der Waals surface area contributed by atoms with E-state index in [2.05, 4.69) is 182 Å². The van der Waals surface area contributed by atoms with Gasteiger partial charge in [-0.3, -0.25) is 4.90 Å². The van der Waals surface area contributed by atoms with Gasteiger partial charge in [0, 0.05) is 28.6 Å². The molecule has 282 valence electrons. The summed E-state index contributed by atoms with van der Waals surface area (Å²) in [6.45, 7) is 18.2. The van der Waals surface area contributed by atoms with Gasteiger partial charge in [0.2, 0.25) is 0 Å². The van der Waals surface area contributed by atoms with Crippen molar-refractivity contribution in [3.8, 4) is 50.5 Å². The van der Waals surface area contributed by atoms with E-state index in [9.17, 15) is 0 Å². The molecular weight excluding hydrogens is 683 g/mol. The molecule has 0 radical (unpaired) electrons. The highest BCUT2D eigenvalue weighted by atomic mass is 16.5. The maximum absolute atomic E-state index is 5.89. The lowest BCUT2D eigenvalue weighted by atomic mass is 9.79. The summed E-state index contributed by atoms with van der Waals surface area (Å²) in [5.74, 6) is 1.91. The molecule has 0 fully saturated rings. The van der Waals surface area contributed by atoms with E-state index in [4.69, 9.17) is 14.7 Å². The molecule has 0 aliphatic carbocycles. The number of para-hydroxylation sites is 2. The minimum atomic E-state index is -0.0223. The van der Waals surface area contributed by atoms with E-state index in [1.165, 1.54) is 22.3 Å². The van der Waals surface area contributed by atoms with Crippen LogP contribution in [0.15, 0.2) is 152 Å². The van der Waals surface area contributed by atoms with Gasteiger partial charge in [0.15, 0.2) is 0 Å². The first kappa shape index (κ1) is 38.3. The molecule has 4 heteroatoms. The summed E-state index contributed by atoms with van der Waals surface area (Å²) in [4.78, 5) is 12.7. The van der Waals surface area contributed by atoms with E-state index in [1.807, 2.05) is 30.5 Å². The number of hydrogen-bond donors (Lipinski definition) is 0. The van der Waals surface area contributed by atoms with E-state index in [0.717, 1.165) is 62.1 Å². The molecule has 7 aromatic rings. The number of nitrogens with zero attached hydrogens (tertiary/aromatic N) is 3. The summed E-state index contributed by atoms with van der Waals surface area (Å²) in [5.41, 5.74) is 14.2. The van der Waals surface area contributed by atoms with Gasteiger partial charge in [-0.15, -0.1) is 0 Å². The summed E-state index contributed by atoms with van der Waals surface area (Å²) in [6.07, 6.45) is 1.87. The molecule has 5 aromatic carbocycles. The average Bonchev–Trinajstić information content (AvgIpc) is 3.20. The Morgan fingerprint density at radius 3 is 1.80 bits per heavy atom. The maximum Gasteiger partial charge on any atom is 0.137 e. The highest BCUT2D eigenvalue weighted by Crippen LogP contribution is 2.46. The Labute approximate surface area is 333 Å². The van der Waals surface area contributed by atoms with Crippen molar-refractivity contribution in [3.05, 3.63) is 168 Å². The van der Waals surface area contributed by atoms with Crippen LogP contribution in [0, 0.1) is 0 Å². The van der Waals surface area contributed by atoms with Crippen molar-refractivity contribution < 1.29 is 4.74 Å². The topological polar surface area (TPSA) is 38.2 Å².